The third-order valence-electron chi connectivity index (χ3n) is 3.58. The summed E-state index contributed by atoms with van der Waals surface area (Å²) in [5, 5.41) is 0.294. The molecule has 3 aromatic carbocycles. The second-order valence-corrected chi connectivity index (χ2v) is 10.1. The molecule has 27 heavy (non-hydrogen) atoms. The third kappa shape index (κ3) is 5.06. The Balaban J connectivity index is 0.000000817. The molecular weight excluding hydrogens is 514 g/mol. The van der Waals surface area contributed by atoms with Crippen molar-refractivity contribution < 1.29 is 37.1 Å². The quantitative estimate of drug-likeness (QED) is 0.144. The van der Waals surface area contributed by atoms with Crippen molar-refractivity contribution >= 4 is 43.2 Å². The zero-order valence-electron chi connectivity index (χ0n) is 13.3. The van der Waals surface area contributed by atoms with Gasteiger partial charge >= 0.3 is 34.5 Å². The van der Waals surface area contributed by atoms with Crippen molar-refractivity contribution in [1.82, 2.24) is 0 Å². The van der Waals surface area contributed by atoms with Gasteiger partial charge in [-0.25, -0.2) is 13.2 Å². The van der Waals surface area contributed by atoms with Crippen LogP contribution in [0, 0.1) is 29.1 Å². The van der Waals surface area contributed by atoms with E-state index in [1.54, 1.807) is 60.7 Å². The van der Waals surface area contributed by atoms with E-state index in [0.717, 1.165) is 0 Å². The number of rotatable bonds is 3. The first-order valence-electron chi connectivity index (χ1n) is 7.28. The molecule has 0 spiro atoms. The summed E-state index contributed by atoms with van der Waals surface area (Å²) in [6.45, 7) is 0. The molecule has 0 aliphatic heterocycles. The summed E-state index contributed by atoms with van der Waals surface area (Å²) in [6.07, 6.45) is 0. The zero-order chi connectivity index (χ0) is 20.0. The van der Waals surface area contributed by atoms with Gasteiger partial charge in [0.1, 0.15) is 18.5 Å². The zero-order valence-corrected chi connectivity index (χ0v) is 17.5. The van der Waals surface area contributed by atoms with Gasteiger partial charge in [0.05, 0.1) is 0 Å². The van der Waals surface area contributed by atoms with Crippen molar-refractivity contribution in [2.75, 3.05) is 0 Å². The monoisotopic (exact) mass is 525 g/mol. The van der Waals surface area contributed by atoms with E-state index in [1.165, 1.54) is 0 Å². The van der Waals surface area contributed by atoms with E-state index < -0.39 is 42.3 Å². The van der Waals surface area contributed by atoms with Gasteiger partial charge in [-0.05, 0) is 24.3 Å². The van der Waals surface area contributed by atoms with Gasteiger partial charge in [-0.1, -0.05) is 36.4 Å². The van der Waals surface area contributed by atoms with Gasteiger partial charge < -0.3 is 0 Å². The molecule has 0 bridgehead atoms. The van der Waals surface area contributed by atoms with Crippen LogP contribution in [0.5, 0.6) is 0 Å². The number of hydrogen-bond donors (Lipinski definition) is 0. The van der Waals surface area contributed by atoms with E-state index in [4.69, 9.17) is 19.4 Å². The molecule has 0 nitrogen and oxygen atoms in total. The SMILES string of the molecule is Fc1c(F)c(F)c([PH+](c2ccccc2)c2ccccc2)c(F)c1F.[Cl][Ru][Cl]. The van der Waals surface area contributed by atoms with Crippen LogP contribution in [0.4, 0.5) is 22.0 Å². The van der Waals surface area contributed by atoms with Gasteiger partial charge in [0, 0.05) is 0 Å². The van der Waals surface area contributed by atoms with Gasteiger partial charge in [0.25, 0.3) is 0 Å². The predicted octanol–water partition coefficient (Wildman–Crippen LogP) is 5.25. The Hall–Kier alpha value is -1.06. The van der Waals surface area contributed by atoms with Crippen LogP contribution in [0.1, 0.15) is 0 Å². The molecular formula is C18H11Cl2F5PRu+. The maximum atomic E-state index is 14.3. The molecule has 0 aliphatic rings. The standard InChI is InChI=1S/C18H10F5P.2ClH.Ru/c19-13-14(20)16(22)18(17(23)15(13)21)24(11-7-3-1-4-8-11)12-9-5-2-6-10-12;;;/h1-10H;2*1H;/q;;;+2/p-1. The summed E-state index contributed by atoms with van der Waals surface area (Å²) in [5.41, 5.74) is 0. The Bertz CT molecular complexity index is 829. The predicted molar refractivity (Wildman–Crippen MR) is 98.0 cm³/mol. The van der Waals surface area contributed by atoms with Crippen LogP contribution >= 0.6 is 27.3 Å². The van der Waals surface area contributed by atoms with E-state index in [-0.39, 0.29) is 15.1 Å². The topological polar surface area (TPSA) is 0 Å². The van der Waals surface area contributed by atoms with Crippen molar-refractivity contribution in [3.05, 3.63) is 89.7 Å². The Labute approximate surface area is 169 Å². The molecule has 0 N–H and O–H groups in total. The summed E-state index contributed by atoms with van der Waals surface area (Å²) in [6, 6.07) is 16.6. The van der Waals surface area contributed by atoms with Gasteiger partial charge in [-0.2, -0.15) is 8.78 Å². The van der Waals surface area contributed by atoms with Crippen LogP contribution < -0.4 is 15.9 Å². The van der Waals surface area contributed by atoms with Gasteiger partial charge in [-0.3, -0.25) is 0 Å². The molecule has 0 radical (unpaired) electrons. The van der Waals surface area contributed by atoms with Gasteiger partial charge in [-0.15, -0.1) is 0 Å². The van der Waals surface area contributed by atoms with Crippen LogP contribution in [-0.4, -0.2) is 0 Å². The Morgan fingerprint density at radius 2 is 0.852 bits per heavy atom. The average molecular weight is 525 g/mol. The summed E-state index contributed by atoms with van der Waals surface area (Å²) >= 11 is -0.346. The number of halogens is 7. The molecule has 0 saturated carbocycles. The Morgan fingerprint density at radius 1 is 0.556 bits per heavy atom. The fraction of sp³-hybridized carbons (Fsp3) is 0. The summed E-state index contributed by atoms with van der Waals surface area (Å²) in [4.78, 5) is 0. The minimum atomic E-state index is -2.39. The molecule has 0 aliphatic carbocycles. The van der Waals surface area contributed by atoms with Crippen molar-refractivity contribution in [1.29, 1.82) is 0 Å². The van der Waals surface area contributed by atoms with Crippen molar-refractivity contribution in [3.63, 3.8) is 0 Å². The van der Waals surface area contributed by atoms with Crippen LogP contribution in [0.15, 0.2) is 60.7 Å². The maximum absolute atomic E-state index is 14.3. The molecule has 0 amide bonds. The number of benzene rings is 3. The molecule has 0 atom stereocenters. The van der Waals surface area contributed by atoms with E-state index >= 15 is 0 Å². The first kappa shape index (κ1) is 22.2. The van der Waals surface area contributed by atoms with Crippen LogP contribution in [0.2, 0.25) is 0 Å². The van der Waals surface area contributed by atoms with Crippen molar-refractivity contribution in [3.8, 4) is 0 Å². The molecule has 0 heterocycles. The van der Waals surface area contributed by atoms with Crippen molar-refractivity contribution in [2.24, 2.45) is 0 Å². The van der Waals surface area contributed by atoms with Crippen LogP contribution in [0.25, 0.3) is 0 Å². The van der Waals surface area contributed by atoms with E-state index in [2.05, 4.69) is 0 Å². The van der Waals surface area contributed by atoms with E-state index in [0.29, 0.717) is 10.6 Å². The second-order valence-electron chi connectivity index (χ2n) is 5.10. The molecule has 0 fully saturated rings. The minimum absolute atomic E-state index is 0.346. The van der Waals surface area contributed by atoms with Crippen molar-refractivity contribution in [2.45, 2.75) is 0 Å². The Morgan fingerprint density at radius 3 is 1.19 bits per heavy atom. The molecule has 0 saturated heterocycles. The van der Waals surface area contributed by atoms with E-state index in [9.17, 15) is 22.0 Å². The average Bonchev–Trinajstić information content (AvgIpc) is 2.70. The second kappa shape index (κ2) is 10.5. The molecule has 144 valence electrons. The first-order valence-corrected chi connectivity index (χ1v) is 13.3. The molecule has 3 rings (SSSR count). The van der Waals surface area contributed by atoms with Gasteiger partial charge in [0.2, 0.25) is 29.1 Å². The normalized spacial score (nSPS) is 10.7. The summed E-state index contributed by atoms with van der Waals surface area (Å²) in [5.74, 6) is -9.52. The fourth-order valence-corrected chi connectivity index (χ4v) is 5.11. The summed E-state index contributed by atoms with van der Waals surface area (Å²) in [7, 11) is 7.31. The van der Waals surface area contributed by atoms with E-state index in [1.807, 2.05) is 0 Å². The molecule has 3 aromatic rings. The fourth-order valence-electron chi connectivity index (χ4n) is 2.49. The molecule has 0 unspecified atom stereocenters. The molecule has 0 aromatic heterocycles. The summed E-state index contributed by atoms with van der Waals surface area (Å²) < 4.78 is 69.3. The first-order chi connectivity index (χ1) is 12.9. The van der Waals surface area contributed by atoms with Gasteiger partial charge in [0.15, 0.2) is 5.30 Å². The van der Waals surface area contributed by atoms with Crippen LogP contribution in [0.3, 0.4) is 0 Å². The third-order valence-corrected chi connectivity index (χ3v) is 6.35. The van der Waals surface area contributed by atoms with Crippen LogP contribution in [-0.2, 0) is 15.1 Å². The Kier molecular flexibility index (Phi) is 8.63. The number of hydrogen-bond acceptors (Lipinski definition) is 0. The molecule has 9 heteroatoms.